The Labute approximate surface area is 161 Å². The van der Waals surface area contributed by atoms with Crippen LogP contribution in [0, 0.1) is 0 Å². The van der Waals surface area contributed by atoms with Crippen molar-refractivity contribution in [1.29, 1.82) is 0 Å². The third-order valence-corrected chi connectivity index (χ3v) is 6.15. The van der Waals surface area contributed by atoms with E-state index in [9.17, 15) is 13.2 Å². The molecular weight excluding hydrogens is 368 g/mol. The van der Waals surface area contributed by atoms with Gasteiger partial charge in [0.15, 0.2) is 0 Å². The molecule has 1 heterocycles. The van der Waals surface area contributed by atoms with E-state index in [-0.39, 0.29) is 18.2 Å². The molecule has 1 aromatic rings. The first kappa shape index (κ1) is 20.1. The van der Waals surface area contributed by atoms with E-state index in [0.717, 1.165) is 25.5 Å². The first-order valence-electron chi connectivity index (χ1n) is 9.36. The van der Waals surface area contributed by atoms with Crippen molar-refractivity contribution < 1.29 is 22.7 Å². The number of carbonyl (C=O) groups excluding carboxylic acids is 1. The summed E-state index contributed by atoms with van der Waals surface area (Å²) in [7, 11) is -2.03. The predicted octanol–water partition coefficient (Wildman–Crippen LogP) is 2.10. The van der Waals surface area contributed by atoms with Gasteiger partial charge in [0.05, 0.1) is 32.1 Å². The van der Waals surface area contributed by atoms with Gasteiger partial charge in [-0.15, -0.1) is 0 Å². The van der Waals surface area contributed by atoms with Crippen LogP contribution in [-0.4, -0.2) is 64.1 Å². The van der Waals surface area contributed by atoms with Gasteiger partial charge in [0.25, 0.3) is 0 Å². The van der Waals surface area contributed by atoms with E-state index in [1.54, 1.807) is 4.90 Å². The zero-order chi connectivity index (χ0) is 19.4. The molecule has 1 aromatic carbocycles. The summed E-state index contributed by atoms with van der Waals surface area (Å²) in [6.07, 6.45) is 4.11. The number of methoxy groups -OCH3 is 1. The zero-order valence-electron chi connectivity index (χ0n) is 15.8. The topological polar surface area (TPSA) is 84.9 Å². The van der Waals surface area contributed by atoms with Crippen molar-refractivity contribution in [3.8, 4) is 0 Å². The third kappa shape index (κ3) is 5.21. The molecule has 2 fully saturated rings. The van der Waals surface area contributed by atoms with Gasteiger partial charge in [-0.1, -0.05) is 30.3 Å². The fourth-order valence-electron chi connectivity index (χ4n) is 3.95. The molecule has 1 saturated carbocycles. The summed E-state index contributed by atoms with van der Waals surface area (Å²) in [5.74, 6) is 0.504. The molecule has 0 unspecified atom stereocenters. The largest absolute Gasteiger partial charge is 0.453 e. The smallest absolute Gasteiger partial charge is 0.409 e. The summed E-state index contributed by atoms with van der Waals surface area (Å²) in [6, 6.07) is 9.63. The van der Waals surface area contributed by atoms with Gasteiger partial charge in [0.1, 0.15) is 0 Å². The van der Waals surface area contributed by atoms with Crippen molar-refractivity contribution in [2.45, 2.75) is 49.8 Å². The summed E-state index contributed by atoms with van der Waals surface area (Å²) in [5, 5.41) is 0. The van der Waals surface area contributed by atoms with Crippen LogP contribution in [0.15, 0.2) is 30.3 Å². The lowest BCUT2D eigenvalue weighted by molar-refractivity contribution is -0.0471. The Morgan fingerprint density at radius 3 is 2.59 bits per heavy atom. The Morgan fingerprint density at radius 2 is 1.96 bits per heavy atom. The van der Waals surface area contributed by atoms with Gasteiger partial charge in [-0.25, -0.2) is 17.9 Å². The van der Waals surface area contributed by atoms with Gasteiger partial charge in [-0.2, -0.15) is 0 Å². The van der Waals surface area contributed by atoms with Crippen molar-refractivity contribution in [3.63, 3.8) is 0 Å². The highest BCUT2D eigenvalue weighted by atomic mass is 32.2. The SMILES string of the molecule is COC(=O)N1CCC[C@H](NS(C)(=O)=O)[C@@H]1COC1CC(c2ccccc2)C1. The highest BCUT2D eigenvalue weighted by Gasteiger charge is 2.38. The van der Waals surface area contributed by atoms with Crippen LogP contribution in [-0.2, 0) is 19.5 Å². The number of hydrogen-bond donors (Lipinski definition) is 1. The lowest BCUT2D eigenvalue weighted by Crippen LogP contribution is -2.59. The average molecular weight is 397 g/mol. The van der Waals surface area contributed by atoms with E-state index >= 15 is 0 Å². The maximum Gasteiger partial charge on any atom is 0.409 e. The van der Waals surface area contributed by atoms with Gasteiger partial charge in [-0.05, 0) is 37.2 Å². The lowest BCUT2D eigenvalue weighted by atomic mass is 9.77. The number of nitrogens with one attached hydrogen (secondary N) is 1. The monoisotopic (exact) mass is 396 g/mol. The van der Waals surface area contributed by atoms with Gasteiger partial charge in [-0.3, -0.25) is 0 Å². The lowest BCUT2D eigenvalue weighted by Gasteiger charge is -2.42. The molecule has 150 valence electrons. The number of likely N-dealkylation sites (tertiary alicyclic amines) is 1. The molecule has 1 N–H and O–H groups in total. The second-order valence-electron chi connectivity index (χ2n) is 7.40. The highest BCUT2D eigenvalue weighted by Crippen LogP contribution is 2.38. The van der Waals surface area contributed by atoms with Crippen LogP contribution in [0.25, 0.3) is 0 Å². The molecule has 3 rings (SSSR count). The van der Waals surface area contributed by atoms with Crippen LogP contribution >= 0.6 is 0 Å². The minimum Gasteiger partial charge on any atom is -0.453 e. The minimum atomic E-state index is -3.37. The van der Waals surface area contributed by atoms with Crippen molar-refractivity contribution in [2.75, 3.05) is 26.5 Å². The maximum absolute atomic E-state index is 12.1. The molecule has 8 heteroatoms. The second kappa shape index (κ2) is 8.58. The van der Waals surface area contributed by atoms with Gasteiger partial charge in [0.2, 0.25) is 10.0 Å². The van der Waals surface area contributed by atoms with E-state index in [2.05, 4.69) is 16.9 Å². The molecular formula is C19H28N2O5S. The summed E-state index contributed by atoms with van der Waals surface area (Å²) < 4.78 is 37.0. The average Bonchev–Trinajstić information content (AvgIpc) is 2.60. The molecule has 27 heavy (non-hydrogen) atoms. The molecule has 1 aliphatic heterocycles. The molecule has 1 saturated heterocycles. The van der Waals surface area contributed by atoms with E-state index < -0.39 is 16.1 Å². The van der Waals surface area contributed by atoms with Crippen molar-refractivity contribution in [1.82, 2.24) is 9.62 Å². The zero-order valence-corrected chi connectivity index (χ0v) is 16.7. The van der Waals surface area contributed by atoms with Crippen LogP contribution in [0.4, 0.5) is 4.79 Å². The van der Waals surface area contributed by atoms with E-state index in [1.807, 2.05) is 18.2 Å². The first-order valence-corrected chi connectivity index (χ1v) is 11.2. The fraction of sp³-hybridized carbons (Fsp3) is 0.632. The standard InChI is InChI=1S/C19H28N2O5S/c1-25-19(22)21-10-6-9-17(20-27(2,23)24)18(21)13-26-16-11-15(12-16)14-7-4-3-5-8-14/h3-5,7-8,15-18,20H,6,9-13H2,1-2H3/t15?,16?,17-,18-/m0/s1. The molecule has 1 aliphatic carbocycles. The predicted molar refractivity (Wildman–Crippen MR) is 102 cm³/mol. The van der Waals surface area contributed by atoms with E-state index in [1.165, 1.54) is 12.7 Å². The Bertz CT molecular complexity index is 734. The summed E-state index contributed by atoms with van der Waals surface area (Å²) in [6.45, 7) is 0.842. The number of nitrogens with zero attached hydrogens (tertiary/aromatic N) is 1. The summed E-state index contributed by atoms with van der Waals surface area (Å²) >= 11 is 0. The molecule has 2 atom stereocenters. The second-order valence-corrected chi connectivity index (χ2v) is 9.18. The van der Waals surface area contributed by atoms with Gasteiger partial charge < -0.3 is 14.4 Å². The van der Waals surface area contributed by atoms with E-state index in [0.29, 0.717) is 25.5 Å². The molecule has 7 nitrogen and oxygen atoms in total. The van der Waals surface area contributed by atoms with Crippen molar-refractivity contribution in [2.24, 2.45) is 0 Å². The van der Waals surface area contributed by atoms with Crippen LogP contribution in [0.1, 0.15) is 37.2 Å². The fourth-order valence-corrected chi connectivity index (χ4v) is 4.78. The molecule has 0 aromatic heterocycles. The number of rotatable bonds is 6. The van der Waals surface area contributed by atoms with Gasteiger partial charge >= 0.3 is 6.09 Å². The van der Waals surface area contributed by atoms with Crippen molar-refractivity contribution >= 4 is 16.1 Å². The summed E-state index contributed by atoms with van der Waals surface area (Å²) in [4.78, 5) is 13.7. The number of benzene rings is 1. The highest BCUT2D eigenvalue weighted by molar-refractivity contribution is 7.88. The number of amides is 1. The Morgan fingerprint density at radius 1 is 1.26 bits per heavy atom. The Hall–Kier alpha value is -1.64. The van der Waals surface area contributed by atoms with E-state index in [4.69, 9.17) is 9.47 Å². The quantitative estimate of drug-likeness (QED) is 0.796. The number of piperidine rings is 1. The molecule has 0 radical (unpaired) electrons. The van der Waals surface area contributed by atoms with Crippen molar-refractivity contribution in [3.05, 3.63) is 35.9 Å². The number of hydrogen-bond acceptors (Lipinski definition) is 5. The number of carbonyl (C=O) groups is 1. The number of ether oxygens (including phenoxy) is 2. The Balaban J connectivity index is 1.59. The first-order chi connectivity index (χ1) is 12.9. The molecule has 0 spiro atoms. The molecule has 2 aliphatic rings. The minimum absolute atomic E-state index is 0.135. The third-order valence-electron chi connectivity index (χ3n) is 5.42. The summed E-state index contributed by atoms with van der Waals surface area (Å²) in [5.41, 5.74) is 1.32. The maximum atomic E-state index is 12.1. The normalized spacial score (nSPS) is 28.4. The molecule has 1 amide bonds. The number of sulfonamides is 1. The van der Waals surface area contributed by atoms with Crippen LogP contribution in [0.2, 0.25) is 0 Å². The van der Waals surface area contributed by atoms with Crippen LogP contribution in [0.3, 0.4) is 0 Å². The molecule has 0 bridgehead atoms. The Kier molecular flexibility index (Phi) is 6.39. The van der Waals surface area contributed by atoms with Gasteiger partial charge in [0, 0.05) is 12.6 Å². The van der Waals surface area contributed by atoms with Crippen LogP contribution in [0.5, 0.6) is 0 Å². The van der Waals surface area contributed by atoms with Crippen LogP contribution < -0.4 is 4.72 Å².